The third kappa shape index (κ3) is 8.05. The number of urea groups is 1. The third-order valence-electron chi connectivity index (χ3n) is 8.28. The number of hydrogen-bond acceptors (Lipinski definition) is 5. The predicted octanol–water partition coefficient (Wildman–Crippen LogP) is 5.47. The molecule has 2 fully saturated rings. The van der Waals surface area contributed by atoms with Gasteiger partial charge < -0.3 is 19.9 Å². The monoisotopic (exact) mass is 625 g/mol. The summed E-state index contributed by atoms with van der Waals surface area (Å²) in [5, 5.41) is 3.21. The van der Waals surface area contributed by atoms with Crippen LogP contribution in [-0.4, -0.2) is 89.5 Å². The molecule has 2 saturated heterocycles. The van der Waals surface area contributed by atoms with Crippen LogP contribution in [0.3, 0.4) is 0 Å². The number of amides is 3. The number of nitrogens with zero attached hydrogens (tertiary/aromatic N) is 4. The molecule has 5 rings (SSSR count). The Morgan fingerprint density at radius 2 is 1.64 bits per heavy atom. The van der Waals surface area contributed by atoms with E-state index in [4.69, 9.17) is 16.3 Å². The van der Waals surface area contributed by atoms with Crippen molar-refractivity contribution in [2.24, 2.45) is 0 Å². The lowest BCUT2D eigenvalue weighted by Gasteiger charge is -2.44. The molecular formula is C33H38ClF2N5O3. The van der Waals surface area contributed by atoms with Crippen molar-refractivity contribution in [3.8, 4) is 5.75 Å². The molecule has 0 aliphatic carbocycles. The molecule has 3 amide bonds. The van der Waals surface area contributed by atoms with Gasteiger partial charge in [-0.15, -0.1) is 0 Å². The minimum Gasteiger partial charge on any atom is -0.483 e. The topological polar surface area (TPSA) is 68.4 Å². The van der Waals surface area contributed by atoms with Gasteiger partial charge in [-0.2, -0.15) is 0 Å². The Kier molecular flexibility index (Phi) is 10.3. The largest absolute Gasteiger partial charge is 0.483 e. The van der Waals surface area contributed by atoms with E-state index in [1.54, 1.807) is 41.3 Å². The smallest absolute Gasteiger partial charge is 0.322 e. The van der Waals surface area contributed by atoms with Crippen LogP contribution in [-0.2, 0) is 17.9 Å². The molecule has 0 radical (unpaired) electrons. The van der Waals surface area contributed by atoms with Crippen molar-refractivity contribution >= 4 is 29.2 Å². The van der Waals surface area contributed by atoms with E-state index in [1.165, 1.54) is 24.3 Å². The third-order valence-corrected chi connectivity index (χ3v) is 8.51. The molecule has 3 aromatic carbocycles. The van der Waals surface area contributed by atoms with Gasteiger partial charge in [0.1, 0.15) is 17.4 Å². The Morgan fingerprint density at radius 3 is 2.36 bits per heavy atom. The number of hydrogen-bond donors (Lipinski definition) is 1. The summed E-state index contributed by atoms with van der Waals surface area (Å²) in [5.74, 6) is -0.210. The van der Waals surface area contributed by atoms with Crippen LogP contribution in [0.1, 0.15) is 25.0 Å². The summed E-state index contributed by atoms with van der Waals surface area (Å²) in [4.78, 5) is 34.0. The number of benzene rings is 3. The standard InChI is InChI=1S/C33H38ClF2N5O3/c1-23-19-41(24(2)18-40(23)20-25-7-10-28(35)11-8-25)32(42)22-44-31-12-9-27(34)17-26(31)21-38-13-15-39(16-14-38)33(43)37-30-6-4-3-5-29(30)36/h3-12,17,23-24H,13-16,18-22H2,1-2H3,(H,37,43)/t23-,24+/m0/s1. The molecule has 1 N–H and O–H groups in total. The average Bonchev–Trinajstić information content (AvgIpc) is 3.01. The molecule has 8 nitrogen and oxygen atoms in total. The van der Waals surface area contributed by atoms with E-state index in [9.17, 15) is 18.4 Å². The van der Waals surface area contributed by atoms with Crippen molar-refractivity contribution in [1.29, 1.82) is 0 Å². The fourth-order valence-electron chi connectivity index (χ4n) is 5.73. The van der Waals surface area contributed by atoms with Gasteiger partial charge in [-0.05, 0) is 61.9 Å². The lowest BCUT2D eigenvalue weighted by Crippen LogP contribution is -2.58. The molecule has 44 heavy (non-hydrogen) atoms. The van der Waals surface area contributed by atoms with Gasteiger partial charge in [0.15, 0.2) is 6.61 Å². The van der Waals surface area contributed by atoms with Crippen molar-refractivity contribution in [2.75, 3.05) is 51.2 Å². The van der Waals surface area contributed by atoms with Crippen LogP contribution in [0.25, 0.3) is 0 Å². The fourth-order valence-corrected chi connectivity index (χ4v) is 5.93. The minimum absolute atomic E-state index is 0.000633. The van der Waals surface area contributed by atoms with Crippen molar-refractivity contribution < 1.29 is 23.1 Å². The van der Waals surface area contributed by atoms with Crippen LogP contribution in [0.5, 0.6) is 5.75 Å². The maximum absolute atomic E-state index is 13.9. The molecule has 11 heteroatoms. The Bertz CT molecular complexity index is 1450. The van der Waals surface area contributed by atoms with Crippen molar-refractivity contribution in [3.05, 3.63) is 94.5 Å². The van der Waals surface area contributed by atoms with Gasteiger partial charge in [0.05, 0.1) is 5.69 Å². The molecule has 2 atom stereocenters. The fraction of sp³-hybridized carbons (Fsp3) is 0.394. The summed E-state index contributed by atoms with van der Waals surface area (Å²) in [7, 11) is 0. The lowest BCUT2D eigenvalue weighted by molar-refractivity contribution is -0.139. The van der Waals surface area contributed by atoms with Crippen LogP contribution >= 0.6 is 11.6 Å². The predicted molar refractivity (Wildman–Crippen MR) is 167 cm³/mol. The molecule has 2 heterocycles. The highest BCUT2D eigenvalue weighted by Crippen LogP contribution is 2.26. The van der Waals surface area contributed by atoms with Crippen LogP contribution in [0.2, 0.25) is 5.02 Å². The molecule has 3 aromatic rings. The maximum atomic E-state index is 13.9. The summed E-state index contributed by atoms with van der Waals surface area (Å²) < 4.78 is 33.3. The SMILES string of the molecule is C[C@@H]1CN(Cc2ccc(F)cc2)[C@@H](C)CN1C(=O)COc1ccc(Cl)cc1CN1CCN(C(=O)Nc2ccccc2F)CC1. The average molecular weight is 626 g/mol. The molecule has 234 valence electrons. The van der Waals surface area contributed by atoms with Crippen LogP contribution < -0.4 is 10.1 Å². The molecule has 2 aliphatic rings. The molecule has 0 bridgehead atoms. The molecule has 0 unspecified atom stereocenters. The molecular weight excluding hydrogens is 588 g/mol. The zero-order valence-electron chi connectivity index (χ0n) is 25.0. The molecule has 0 aromatic heterocycles. The quantitative estimate of drug-likeness (QED) is 0.360. The normalized spacial score (nSPS) is 19.6. The summed E-state index contributed by atoms with van der Waals surface area (Å²) in [6, 6.07) is 17.8. The first-order valence-electron chi connectivity index (χ1n) is 14.9. The van der Waals surface area contributed by atoms with Gasteiger partial charge in [0.25, 0.3) is 5.91 Å². The highest BCUT2D eigenvalue weighted by molar-refractivity contribution is 6.30. The highest BCUT2D eigenvalue weighted by Gasteiger charge is 2.32. The summed E-state index contributed by atoms with van der Waals surface area (Å²) in [6.45, 7) is 8.77. The van der Waals surface area contributed by atoms with Crippen molar-refractivity contribution in [1.82, 2.24) is 19.6 Å². The van der Waals surface area contributed by atoms with Gasteiger partial charge in [0, 0.05) is 75.0 Å². The van der Waals surface area contributed by atoms with Gasteiger partial charge in [-0.3, -0.25) is 14.6 Å². The van der Waals surface area contributed by atoms with Gasteiger partial charge in [-0.1, -0.05) is 35.9 Å². The van der Waals surface area contributed by atoms with Crippen LogP contribution in [0, 0.1) is 11.6 Å². The number of halogens is 3. The summed E-state index contributed by atoms with van der Waals surface area (Å²) in [5.41, 5.74) is 2.06. The highest BCUT2D eigenvalue weighted by atomic mass is 35.5. The van der Waals surface area contributed by atoms with Gasteiger partial charge >= 0.3 is 6.03 Å². The van der Waals surface area contributed by atoms with Crippen molar-refractivity contribution in [3.63, 3.8) is 0 Å². The van der Waals surface area contributed by atoms with E-state index >= 15 is 0 Å². The first kappa shape index (κ1) is 31.7. The molecule has 0 saturated carbocycles. The number of para-hydroxylation sites is 1. The number of rotatable bonds is 8. The van der Waals surface area contributed by atoms with E-state index in [1.807, 2.05) is 17.9 Å². The van der Waals surface area contributed by atoms with Crippen molar-refractivity contribution in [2.45, 2.75) is 39.0 Å². The number of piperazine rings is 2. The Balaban J connectivity index is 1.12. The van der Waals surface area contributed by atoms with Crippen LogP contribution in [0.15, 0.2) is 66.7 Å². The van der Waals surface area contributed by atoms with Gasteiger partial charge in [0.2, 0.25) is 0 Å². The van der Waals surface area contributed by atoms with E-state index in [0.717, 1.165) is 11.1 Å². The summed E-state index contributed by atoms with van der Waals surface area (Å²) in [6.07, 6.45) is 0. The first-order chi connectivity index (χ1) is 21.2. The second-order valence-electron chi connectivity index (χ2n) is 11.5. The lowest BCUT2D eigenvalue weighted by atomic mass is 10.1. The number of carbonyl (C=O) groups excluding carboxylic acids is 2. The van der Waals surface area contributed by atoms with E-state index in [-0.39, 0.29) is 42.1 Å². The molecule has 2 aliphatic heterocycles. The second-order valence-corrected chi connectivity index (χ2v) is 12.0. The Morgan fingerprint density at radius 1 is 0.909 bits per heavy atom. The van der Waals surface area contributed by atoms with Crippen LogP contribution in [0.4, 0.5) is 19.3 Å². The van der Waals surface area contributed by atoms with Gasteiger partial charge in [-0.25, -0.2) is 13.6 Å². The Labute approximate surface area is 262 Å². The number of ether oxygens (including phenoxy) is 1. The first-order valence-corrected chi connectivity index (χ1v) is 15.3. The zero-order valence-corrected chi connectivity index (χ0v) is 25.8. The van der Waals surface area contributed by atoms with E-state index < -0.39 is 5.82 Å². The van der Waals surface area contributed by atoms with E-state index in [2.05, 4.69) is 22.0 Å². The molecule has 0 spiro atoms. The Hall–Kier alpha value is -3.73. The minimum atomic E-state index is -0.473. The zero-order chi connectivity index (χ0) is 31.2. The number of nitrogens with one attached hydrogen (secondary N) is 1. The van der Waals surface area contributed by atoms with E-state index in [0.29, 0.717) is 63.1 Å². The second kappa shape index (κ2) is 14.4. The summed E-state index contributed by atoms with van der Waals surface area (Å²) >= 11 is 6.32. The number of anilines is 1. The number of carbonyl (C=O) groups is 2. The maximum Gasteiger partial charge on any atom is 0.322 e.